The molecule has 0 bridgehead atoms. The van der Waals surface area contributed by atoms with Gasteiger partial charge in [-0.2, -0.15) is 0 Å². The van der Waals surface area contributed by atoms with E-state index in [1.807, 2.05) is 12.1 Å². The molecule has 0 saturated heterocycles. The number of carbonyl (C=O) groups excluding carboxylic acids is 1. The number of esters is 1. The van der Waals surface area contributed by atoms with E-state index in [4.69, 9.17) is 13.9 Å². The number of benzene rings is 1. The lowest BCUT2D eigenvalue weighted by Gasteiger charge is -2.45. The van der Waals surface area contributed by atoms with Gasteiger partial charge in [0.1, 0.15) is 17.4 Å². The molecule has 26 heavy (non-hydrogen) atoms. The molecular formula is C21H24O5. The molecule has 3 rings (SSSR count). The summed E-state index contributed by atoms with van der Waals surface area (Å²) in [6.07, 6.45) is 1.43. The quantitative estimate of drug-likeness (QED) is 0.469. The Morgan fingerprint density at radius 2 is 2.04 bits per heavy atom. The molecule has 0 aliphatic heterocycles. The fourth-order valence-corrected chi connectivity index (χ4v) is 3.67. The summed E-state index contributed by atoms with van der Waals surface area (Å²) < 4.78 is 16.7. The van der Waals surface area contributed by atoms with Crippen LogP contribution < -0.4 is 10.4 Å². The average Bonchev–Trinajstić information content (AvgIpc) is 2.56. The minimum absolute atomic E-state index is 0.0547. The van der Waals surface area contributed by atoms with Gasteiger partial charge < -0.3 is 13.9 Å². The molecule has 1 aliphatic carbocycles. The Bertz CT molecular complexity index is 893. The molecule has 5 heteroatoms. The van der Waals surface area contributed by atoms with Gasteiger partial charge in [0.25, 0.3) is 0 Å². The molecule has 0 N–H and O–H groups in total. The zero-order chi connectivity index (χ0) is 18.9. The highest BCUT2D eigenvalue weighted by Gasteiger charge is 2.44. The van der Waals surface area contributed by atoms with Crippen LogP contribution in [-0.2, 0) is 9.53 Å². The van der Waals surface area contributed by atoms with Gasteiger partial charge in [-0.25, -0.2) is 4.79 Å². The van der Waals surface area contributed by atoms with Crippen LogP contribution in [0.2, 0.25) is 0 Å². The van der Waals surface area contributed by atoms with Crippen molar-refractivity contribution < 1.29 is 18.7 Å². The third kappa shape index (κ3) is 3.66. The second-order valence-corrected chi connectivity index (χ2v) is 7.43. The van der Waals surface area contributed by atoms with E-state index in [2.05, 4.69) is 20.4 Å². The number of fused-ring (bicyclic) bond motifs is 1. The Hall–Kier alpha value is -2.56. The second kappa shape index (κ2) is 6.98. The zero-order valence-electron chi connectivity index (χ0n) is 15.4. The summed E-state index contributed by atoms with van der Waals surface area (Å²) >= 11 is 0. The van der Waals surface area contributed by atoms with E-state index in [-0.39, 0.29) is 29.0 Å². The van der Waals surface area contributed by atoms with Crippen molar-refractivity contribution in [2.75, 3.05) is 6.61 Å². The van der Waals surface area contributed by atoms with Crippen molar-refractivity contribution in [1.82, 2.24) is 0 Å². The summed E-state index contributed by atoms with van der Waals surface area (Å²) in [5.74, 6) is 0.420. The van der Waals surface area contributed by atoms with Crippen molar-refractivity contribution in [3.8, 4) is 5.75 Å². The van der Waals surface area contributed by atoms with Crippen LogP contribution in [0.25, 0.3) is 11.0 Å². The number of hydrogen-bond donors (Lipinski definition) is 0. The second-order valence-electron chi connectivity index (χ2n) is 7.43. The Kier molecular flexibility index (Phi) is 4.90. The standard InChI is InChI=1S/C21H24O5/c1-13-5-9-19(25-14(2)22)21(3,4)17(13)12-24-16-8-6-15-7-10-20(23)26-18(15)11-16/h6-8,10-11,17,19H,1,5,9,12H2,2-4H3. The van der Waals surface area contributed by atoms with E-state index in [1.165, 1.54) is 13.0 Å². The summed E-state index contributed by atoms with van der Waals surface area (Å²) in [5.41, 5.74) is 0.936. The molecule has 1 heterocycles. The first-order chi connectivity index (χ1) is 12.3. The molecule has 1 aromatic carbocycles. The van der Waals surface area contributed by atoms with E-state index in [1.54, 1.807) is 12.1 Å². The van der Waals surface area contributed by atoms with Gasteiger partial charge in [0.2, 0.25) is 0 Å². The first kappa shape index (κ1) is 18.2. The minimum Gasteiger partial charge on any atom is -0.493 e. The van der Waals surface area contributed by atoms with Gasteiger partial charge in [0, 0.05) is 35.8 Å². The Labute approximate surface area is 152 Å². The van der Waals surface area contributed by atoms with Gasteiger partial charge in [-0.05, 0) is 31.0 Å². The highest BCUT2D eigenvalue weighted by Crippen LogP contribution is 2.45. The van der Waals surface area contributed by atoms with Crippen molar-refractivity contribution in [3.63, 3.8) is 0 Å². The molecule has 138 valence electrons. The van der Waals surface area contributed by atoms with Crippen LogP contribution in [0.4, 0.5) is 0 Å². The molecule has 2 aromatic rings. The van der Waals surface area contributed by atoms with E-state index in [9.17, 15) is 9.59 Å². The molecule has 1 aliphatic rings. The van der Waals surface area contributed by atoms with Crippen LogP contribution in [0.3, 0.4) is 0 Å². The number of carbonyl (C=O) groups is 1. The predicted molar refractivity (Wildman–Crippen MR) is 99.2 cm³/mol. The van der Waals surface area contributed by atoms with Gasteiger partial charge in [-0.15, -0.1) is 0 Å². The first-order valence-corrected chi connectivity index (χ1v) is 8.79. The smallest absolute Gasteiger partial charge is 0.336 e. The first-order valence-electron chi connectivity index (χ1n) is 8.79. The summed E-state index contributed by atoms with van der Waals surface area (Å²) in [7, 11) is 0. The summed E-state index contributed by atoms with van der Waals surface area (Å²) in [6.45, 7) is 10.2. The van der Waals surface area contributed by atoms with Crippen LogP contribution in [0, 0.1) is 11.3 Å². The number of rotatable bonds is 4. The molecule has 0 radical (unpaired) electrons. The average molecular weight is 356 g/mol. The Morgan fingerprint density at radius 1 is 1.31 bits per heavy atom. The minimum atomic E-state index is -0.388. The number of hydrogen-bond acceptors (Lipinski definition) is 5. The SMILES string of the molecule is C=C1CCC(OC(C)=O)C(C)(C)C1COc1ccc2ccc(=O)oc2c1. The van der Waals surface area contributed by atoms with Gasteiger partial charge in [-0.3, -0.25) is 4.79 Å². The summed E-state index contributed by atoms with van der Waals surface area (Å²) in [5, 5.41) is 0.842. The van der Waals surface area contributed by atoms with E-state index < -0.39 is 0 Å². The largest absolute Gasteiger partial charge is 0.493 e. The normalized spacial score (nSPS) is 22.2. The molecule has 2 atom stereocenters. The summed E-state index contributed by atoms with van der Waals surface area (Å²) in [6, 6.07) is 8.55. The third-order valence-electron chi connectivity index (χ3n) is 5.27. The maximum absolute atomic E-state index is 11.4. The van der Waals surface area contributed by atoms with Gasteiger partial charge in [-0.1, -0.05) is 26.0 Å². The van der Waals surface area contributed by atoms with Gasteiger partial charge in [0.05, 0.1) is 6.61 Å². The lowest BCUT2D eigenvalue weighted by Crippen LogP contribution is -2.46. The Morgan fingerprint density at radius 3 is 2.77 bits per heavy atom. The van der Waals surface area contributed by atoms with Crippen LogP contribution in [-0.4, -0.2) is 18.7 Å². The lowest BCUT2D eigenvalue weighted by molar-refractivity contribution is -0.157. The fourth-order valence-electron chi connectivity index (χ4n) is 3.67. The maximum atomic E-state index is 11.4. The molecule has 0 spiro atoms. The van der Waals surface area contributed by atoms with Crippen molar-refractivity contribution in [3.05, 3.63) is 52.9 Å². The predicted octanol–water partition coefficient (Wildman–Crippen LogP) is 4.10. The molecule has 2 unspecified atom stereocenters. The van der Waals surface area contributed by atoms with Gasteiger partial charge >= 0.3 is 11.6 Å². The van der Waals surface area contributed by atoms with Crippen LogP contribution >= 0.6 is 0 Å². The Balaban J connectivity index is 1.77. The highest BCUT2D eigenvalue weighted by molar-refractivity contribution is 5.77. The van der Waals surface area contributed by atoms with E-state index >= 15 is 0 Å². The van der Waals surface area contributed by atoms with Crippen molar-refractivity contribution in [2.45, 2.75) is 39.7 Å². The fraction of sp³-hybridized carbons (Fsp3) is 0.429. The van der Waals surface area contributed by atoms with Crippen LogP contribution in [0.1, 0.15) is 33.6 Å². The highest BCUT2D eigenvalue weighted by atomic mass is 16.5. The van der Waals surface area contributed by atoms with Crippen molar-refractivity contribution in [1.29, 1.82) is 0 Å². The topological polar surface area (TPSA) is 65.7 Å². The van der Waals surface area contributed by atoms with E-state index in [0.29, 0.717) is 17.9 Å². The lowest BCUT2D eigenvalue weighted by atomic mass is 9.65. The van der Waals surface area contributed by atoms with Crippen LogP contribution in [0.15, 0.2) is 51.7 Å². The van der Waals surface area contributed by atoms with Gasteiger partial charge in [0.15, 0.2) is 0 Å². The molecular weight excluding hydrogens is 332 g/mol. The molecule has 1 fully saturated rings. The third-order valence-corrected chi connectivity index (χ3v) is 5.27. The monoisotopic (exact) mass is 356 g/mol. The van der Waals surface area contributed by atoms with Crippen molar-refractivity contribution in [2.24, 2.45) is 11.3 Å². The number of ether oxygens (including phenoxy) is 2. The molecule has 1 saturated carbocycles. The summed E-state index contributed by atoms with van der Waals surface area (Å²) in [4.78, 5) is 22.8. The van der Waals surface area contributed by atoms with E-state index in [0.717, 1.165) is 23.8 Å². The molecule has 5 nitrogen and oxygen atoms in total. The maximum Gasteiger partial charge on any atom is 0.336 e. The molecule has 0 amide bonds. The zero-order valence-corrected chi connectivity index (χ0v) is 15.4. The van der Waals surface area contributed by atoms with Crippen LogP contribution in [0.5, 0.6) is 5.75 Å². The van der Waals surface area contributed by atoms with Crippen molar-refractivity contribution >= 4 is 16.9 Å². The molecule has 1 aromatic heterocycles.